The van der Waals surface area contributed by atoms with E-state index in [0.29, 0.717) is 19.7 Å². The van der Waals surface area contributed by atoms with Crippen molar-refractivity contribution in [1.29, 1.82) is 0 Å². The van der Waals surface area contributed by atoms with Crippen molar-refractivity contribution in [3.05, 3.63) is 0 Å². The van der Waals surface area contributed by atoms with E-state index in [1.54, 1.807) is 11.8 Å². The minimum Gasteiger partial charge on any atom is -0.450 e. The summed E-state index contributed by atoms with van der Waals surface area (Å²) in [4.78, 5) is 12.5. The topological polar surface area (TPSA) is 49.8 Å². The van der Waals surface area contributed by atoms with Gasteiger partial charge in [-0.25, -0.2) is 4.79 Å². The van der Waals surface area contributed by atoms with Crippen molar-refractivity contribution in [2.24, 2.45) is 5.92 Å². The minimum absolute atomic E-state index is 0.163. The molecule has 1 aliphatic heterocycles. The Hall–Kier alpha value is -0.770. The Morgan fingerprint density at radius 2 is 2.36 bits per heavy atom. The minimum atomic E-state index is -0.266. The van der Waals surface area contributed by atoms with E-state index in [2.05, 4.69) is 0 Å². The highest BCUT2D eigenvalue weighted by Crippen LogP contribution is 2.15. The van der Waals surface area contributed by atoms with Crippen molar-refractivity contribution in [2.45, 2.75) is 6.92 Å². The summed E-state index contributed by atoms with van der Waals surface area (Å²) in [6, 6.07) is 0. The standard InChI is InChI=1S/C7H13NO3/c1-2-11-7(10)8-3-6(4-8)5-9/h6,9H,2-5H2,1H3. The molecule has 0 aromatic carbocycles. The molecule has 1 heterocycles. The van der Waals surface area contributed by atoms with Crippen LogP contribution < -0.4 is 0 Å². The zero-order valence-electron chi connectivity index (χ0n) is 6.62. The number of rotatable bonds is 2. The quantitative estimate of drug-likeness (QED) is 0.620. The molecule has 4 heteroatoms. The fraction of sp³-hybridized carbons (Fsp3) is 0.857. The number of carbonyl (C=O) groups is 1. The summed E-state index contributed by atoms with van der Waals surface area (Å²) in [6.07, 6.45) is -0.266. The van der Waals surface area contributed by atoms with Gasteiger partial charge in [0.1, 0.15) is 0 Å². The number of aliphatic hydroxyl groups excluding tert-OH is 1. The van der Waals surface area contributed by atoms with E-state index in [0.717, 1.165) is 0 Å². The molecule has 11 heavy (non-hydrogen) atoms. The zero-order chi connectivity index (χ0) is 8.27. The van der Waals surface area contributed by atoms with Crippen LogP contribution in [0.15, 0.2) is 0 Å². The maximum atomic E-state index is 10.9. The lowest BCUT2D eigenvalue weighted by Gasteiger charge is -2.36. The van der Waals surface area contributed by atoms with Gasteiger partial charge in [0.15, 0.2) is 0 Å². The molecule has 0 aromatic rings. The first-order valence-corrected chi connectivity index (χ1v) is 3.80. The third-order valence-electron chi connectivity index (χ3n) is 1.74. The average Bonchev–Trinajstić information content (AvgIpc) is 1.86. The predicted octanol–water partition coefficient (Wildman–Crippen LogP) is 0.0670. The van der Waals surface area contributed by atoms with Crippen LogP contribution in [0.4, 0.5) is 4.79 Å². The first-order valence-electron chi connectivity index (χ1n) is 3.80. The van der Waals surface area contributed by atoms with Crippen molar-refractivity contribution in [3.63, 3.8) is 0 Å². The molecule has 1 rings (SSSR count). The third kappa shape index (κ3) is 1.83. The number of aliphatic hydroxyl groups is 1. The van der Waals surface area contributed by atoms with Crippen LogP contribution in [0.5, 0.6) is 0 Å². The lowest BCUT2D eigenvalue weighted by atomic mass is 10.0. The second kappa shape index (κ2) is 3.57. The van der Waals surface area contributed by atoms with Crippen LogP contribution in [0, 0.1) is 5.92 Å². The van der Waals surface area contributed by atoms with Crippen molar-refractivity contribution >= 4 is 6.09 Å². The van der Waals surface area contributed by atoms with Crippen molar-refractivity contribution in [1.82, 2.24) is 4.90 Å². The molecule has 1 fully saturated rings. The van der Waals surface area contributed by atoms with E-state index in [1.807, 2.05) is 0 Å². The average molecular weight is 159 g/mol. The van der Waals surface area contributed by atoms with Gasteiger partial charge in [0.05, 0.1) is 6.61 Å². The van der Waals surface area contributed by atoms with E-state index in [4.69, 9.17) is 9.84 Å². The van der Waals surface area contributed by atoms with Crippen LogP contribution in [-0.4, -0.2) is 42.4 Å². The van der Waals surface area contributed by atoms with Crippen LogP contribution in [0.1, 0.15) is 6.92 Å². The highest BCUT2D eigenvalue weighted by Gasteiger charge is 2.30. The van der Waals surface area contributed by atoms with Crippen LogP contribution in [0.25, 0.3) is 0 Å². The van der Waals surface area contributed by atoms with Gasteiger partial charge in [-0.1, -0.05) is 0 Å². The van der Waals surface area contributed by atoms with Gasteiger partial charge in [-0.15, -0.1) is 0 Å². The largest absolute Gasteiger partial charge is 0.450 e. The Kier molecular flexibility index (Phi) is 2.70. The number of carbonyl (C=O) groups excluding carboxylic acids is 1. The first kappa shape index (κ1) is 8.33. The molecule has 0 saturated carbocycles. The number of likely N-dealkylation sites (tertiary alicyclic amines) is 1. The van der Waals surface area contributed by atoms with E-state index in [1.165, 1.54) is 0 Å². The molecule has 1 amide bonds. The Bertz CT molecular complexity index is 143. The second-order valence-corrected chi connectivity index (χ2v) is 2.65. The maximum Gasteiger partial charge on any atom is 0.409 e. The molecule has 0 aliphatic carbocycles. The summed E-state index contributed by atoms with van der Waals surface area (Å²) >= 11 is 0. The fourth-order valence-corrected chi connectivity index (χ4v) is 1.05. The van der Waals surface area contributed by atoms with Crippen LogP contribution in [0.2, 0.25) is 0 Å². The van der Waals surface area contributed by atoms with Crippen LogP contribution in [0.3, 0.4) is 0 Å². The van der Waals surface area contributed by atoms with Crippen molar-refractivity contribution in [2.75, 3.05) is 26.3 Å². The highest BCUT2D eigenvalue weighted by molar-refractivity contribution is 5.68. The second-order valence-electron chi connectivity index (χ2n) is 2.65. The lowest BCUT2D eigenvalue weighted by molar-refractivity contribution is 0.0357. The lowest BCUT2D eigenvalue weighted by Crippen LogP contribution is -2.51. The van der Waals surface area contributed by atoms with Gasteiger partial charge in [0.2, 0.25) is 0 Å². The van der Waals surface area contributed by atoms with Crippen LogP contribution >= 0.6 is 0 Å². The van der Waals surface area contributed by atoms with E-state index in [9.17, 15) is 4.79 Å². The zero-order valence-corrected chi connectivity index (χ0v) is 6.62. The number of ether oxygens (including phenoxy) is 1. The smallest absolute Gasteiger partial charge is 0.409 e. The number of hydrogen-bond acceptors (Lipinski definition) is 3. The van der Waals surface area contributed by atoms with Gasteiger partial charge >= 0.3 is 6.09 Å². The molecule has 0 atom stereocenters. The van der Waals surface area contributed by atoms with E-state index in [-0.39, 0.29) is 18.6 Å². The Morgan fingerprint density at radius 3 is 2.82 bits per heavy atom. The molecule has 0 aromatic heterocycles. The van der Waals surface area contributed by atoms with E-state index < -0.39 is 0 Å². The first-order chi connectivity index (χ1) is 5.27. The molecule has 4 nitrogen and oxygen atoms in total. The molecule has 0 radical (unpaired) electrons. The Balaban J connectivity index is 2.16. The number of nitrogens with zero attached hydrogens (tertiary/aromatic N) is 1. The van der Waals surface area contributed by atoms with Gasteiger partial charge in [0.25, 0.3) is 0 Å². The number of hydrogen-bond donors (Lipinski definition) is 1. The molecular formula is C7H13NO3. The molecule has 0 unspecified atom stereocenters. The molecule has 0 spiro atoms. The van der Waals surface area contributed by atoms with Gasteiger partial charge in [-0.3, -0.25) is 0 Å². The fourth-order valence-electron chi connectivity index (χ4n) is 1.05. The summed E-state index contributed by atoms with van der Waals surface area (Å²) in [5, 5.41) is 8.64. The molecule has 0 bridgehead atoms. The third-order valence-corrected chi connectivity index (χ3v) is 1.74. The van der Waals surface area contributed by atoms with Crippen molar-refractivity contribution < 1.29 is 14.6 Å². The summed E-state index contributed by atoms with van der Waals surface area (Å²) in [7, 11) is 0. The van der Waals surface area contributed by atoms with Gasteiger partial charge in [-0.05, 0) is 6.92 Å². The van der Waals surface area contributed by atoms with Gasteiger partial charge < -0.3 is 14.7 Å². The van der Waals surface area contributed by atoms with Crippen molar-refractivity contribution in [3.8, 4) is 0 Å². The Labute approximate surface area is 65.8 Å². The highest BCUT2D eigenvalue weighted by atomic mass is 16.6. The Morgan fingerprint density at radius 1 is 1.73 bits per heavy atom. The van der Waals surface area contributed by atoms with Gasteiger partial charge in [0, 0.05) is 25.6 Å². The molecule has 1 saturated heterocycles. The van der Waals surface area contributed by atoms with Crippen LogP contribution in [-0.2, 0) is 4.74 Å². The SMILES string of the molecule is CCOC(=O)N1CC(CO)C1. The molecule has 64 valence electrons. The molecule has 1 aliphatic rings. The number of amides is 1. The maximum absolute atomic E-state index is 10.9. The van der Waals surface area contributed by atoms with E-state index >= 15 is 0 Å². The molecule has 1 N–H and O–H groups in total. The summed E-state index contributed by atoms with van der Waals surface area (Å²) in [5.74, 6) is 0.263. The predicted molar refractivity (Wildman–Crippen MR) is 39.2 cm³/mol. The van der Waals surface area contributed by atoms with Gasteiger partial charge in [-0.2, -0.15) is 0 Å². The summed E-state index contributed by atoms with van der Waals surface area (Å²) in [6.45, 7) is 3.63. The normalized spacial score (nSPS) is 17.8. The summed E-state index contributed by atoms with van der Waals surface area (Å²) < 4.78 is 4.74. The molecular weight excluding hydrogens is 146 g/mol. The monoisotopic (exact) mass is 159 g/mol. The summed E-state index contributed by atoms with van der Waals surface area (Å²) in [5.41, 5.74) is 0.